The first-order valence-electron chi connectivity index (χ1n) is 7.23. The summed E-state index contributed by atoms with van der Waals surface area (Å²) in [5.74, 6) is 0.950. The first kappa shape index (κ1) is 15.0. The van der Waals surface area contributed by atoms with Gasteiger partial charge in [-0.15, -0.1) is 0 Å². The van der Waals surface area contributed by atoms with E-state index in [9.17, 15) is 4.79 Å². The van der Waals surface area contributed by atoms with Gasteiger partial charge in [0.25, 0.3) is 0 Å². The molecule has 0 atom stereocenters. The summed E-state index contributed by atoms with van der Waals surface area (Å²) >= 11 is 0. The number of carbonyl (C=O) groups excluding carboxylic acids is 1. The molecule has 0 aliphatic carbocycles. The second kappa shape index (κ2) is 6.04. The fourth-order valence-electron chi connectivity index (χ4n) is 2.32. The third kappa shape index (κ3) is 3.13. The summed E-state index contributed by atoms with van der Waals surface area (Å²) in [6.45, 7) is 0.153. The first-order chi connectivity index (χ1) is 11.0. The zero-order valence-corrected chi connectivity index (χ0v) is 13.1. The molecule has 0 amide bonds. The van der Waals surface area contributed by atoms with E-state index in [-0.39, 0.29) is 12.6 Å². The van der Waals surface area contributed by atoms with Gasteiger partial charge in [-0.05, 0) is 29.8 Å². The van der Waals surface area contributed by atoms with Crippen LogP contribution in [0.3, 0.4) is 0 Å². The maximum Gasteiger partial charge on any atom is 0.231 e. The lowest BCUT2D eigenvalue weighted by Gasteiger charge is -2.11. The van der Waals surface area contributed by atoms with Crippen LogP contribution in [-0.4, -0.2) is 26.7 Å². The van der Waals surface area contributed by atoms with E-state index in [1.807, 2.05) is 43.3 Å². The van der Waals surface area contributed by atoms with Gasteiger partial charge in [0.2, 0.25) is 6.79 Å². The predicted octanol–water partition coefficient (Wildman–Crippen LogP) is 2.96. The minimum Gasteiger partial charge on any atom is -0.454 e. The third-order valence-corrected chi connectivity index (χ3v) is 3.65. The van der Waals surface area contributed by atoms with Crippen molar-refractivity contribution in [3.8, 4) is 11.5 Å². The minimum atomic E-state index is -0.169. The number of fused-ring (bicyclic) bond motifs is 1. The van der Waals surface area contributed by atoms with Crippen molar-refractivity contribution in [2.75, 3.05) is 31.5 Å². The number of ketones is 1. The standard InChI is InChI=1S/C18H18N2O3/c1-20(2)13-6-3-12(4-7-13)5-8-16(21)14-9-17-18(10-15(14)19)23-11-22-17/h3-10H,11,19H2,1-2H3/b8-5+. The highest BCUT2D eigenvalue weighted by Crippen LogP contribution is 2.36. The lowest BCUT2D eigenvalue weighted by Crippen LogP contribution is -2.07. The number of hydrogen-bond acceptors (Lipinski definition) is 5. The summed E-state index contributed by atoms with van der Waals surface area (Å²) in [5.41, 5.74) is 8.77. The van der Waals surface area contributed by atoms with E-state index in [4.69, 9.17) is 15.2 Å². The van der Waals surface area contributed by atoms with E-state index in [0.29, 0.717) is 22.7 Å². The summed E-state index contributed by atoms with van der Waals surface area (Å²) in [6.07, 6.45) is 3.28. The molecule has 0 fully saturated rings. The molecule has 0 bridgehead atoms. The fourth-order valence-corrected chi connectivity index (χ4v) is 2.32. The van der Waals surface area contributed by atoms with Crippen LogP contribution in [-0.2, 0) is 0 Å². The van der Waals surface area contributed by atoms with Gasteiger partial charge >= 0.3 is 0 Å². The number of rotatable bonds is 4. The van der Waals surface area contributed by atoms with Crippen molar-refractivity contribution in [1.82, 2.24) is 0 Å². The van der Waals surface area contributed by atoms with Gasteiger partial charge in [0.05, 0.1) is 0 Å². The number of benzene rings is 2. The number of hydrogen-bond donors (Lipinski definition) is 1. The number of allylic oxidation sites excluding steroid dienone is 1. The van der Waals surface area contributed by atoms with Crippen LogP contribution in [0, 0.1) is 0 Å². The van der Waals surface area contributed by atoms with E-state index in [1.54, 1.807) is 18.2 Å². The Hall–Kier alpha value is -2.95. The topological polar surface area (TPSA) is 64.8 Å². The maximum absolute atomic E-state index is 12.3. The van der Waals surface area contributed by atoms with Crippen LogP contribution >= 0.6 is 0 Å². The van der Waals surface area contributed by atoms with Gasteiger partial charge in [-0.1, -0.05) is 18.2 Å². The lowest BCUT2D eigenvalue weighted by molar-refractivity contribution is 0.104. The minimum absolute atomic E-state index is 0.153. The summed E-state index contributed by atoms with van der Waals surface area (Å²) in [5, 5.41) is 0. The van der Waals surface area contributed by atoms with Gasteiger partial charge < -0.3 is 20.1 Å². The Morgan fingerprint density at radius 1 is 1.13 bits per heavy atom. The molecule has 1 aliphatic heterocycles. The molecule has 3 rings (SSSR count). The van der Waals surface area contributed by atoms with Crippen LogP contribution in [0.2, 0.25) is 0 Å². The van der Waals surface area contributed by atoms with Crippen molar-refractivity contribution >= 4 is 23.2 Å². The highest BCUT2D eigenvalue weighted by molar-refractivity contribution is 6.10. The van der Waals surface area contributed by atoms with E-state index in [1.165, 1.54) is 6.08 Å². The molecule has 5 heteroatoms. The molecule has 2 N–H and O–H groups in total. The number of carbonyl (C=O) groups is 1. The first-order valence-corrected chi connectivity index (χ1v) is 7.23. The zero-order chi connectivity index (χ0) is 16.4. The number of nitrogens with two attached hydrogens (primary N) is 1. The number of ether oxygens (including phenoxy) is 2. The molecule has 2 aromatic rings. The molecular weight excluding hydrogens is 292 g/mol. The number of nitrogens with zero attached hydrogens (tertiary/aromatic N) is 1. The molecule has 0 unspecified atom stereocenters. The number of anilines is 2. The van der Waals surface area contributed by atoms with Gasteiger partial charge in [-0.2, -0.15) is 0 Å². The Kier molecular flexibility index (Phi) is 3.93. The molecule has 118 valence electrons. The molecule has 0 saturated heterocycles. The Morgan fingerprint density at radius 2 is 1.78 bits per heavy atom. The summed E-state index contributed by atoms with van der Waals surface area (Å²) < 4.78 is 10.5. The molecule has 2 aromatic carbocycles. The van der Waals surface area contributed by atoms with Crippen LogP contribution < -0.4 is 20.1 Å². The van der Waals surface area contributed by atoms with E-state index < -0.39 is 0 Å². The Morgan fingerprint density at radius 3 is 2.43 bits per heavy atom. The normalized spacial score (nSPS) is 12.6. The van der Waals surface area contributed by atoms with Gasteiger partial charge in [0, 0.05) is 37.1 Å². The quantitative estimate of drug-likeness (QED) is 0.534. The van der Waals surface area contributed by atoms with Gasteiger partial charge in [0.1, 0.15) is 0 Å². The van der Waals surface area contributed by atoms with E-state index in [0.717, 1.165) is 11.3 Å². The van der Waals surface area contributed by atoms with Crippen LogP contribution in [0.15, 0.2) is 42.5 Å². The molecular formula is C18H18N2O3. The van der Waals surface area contributed by atoms with E-state index >= 15 is 0 Å². The molecule has 23 heavy (non-hydrogen) atoms. The average molecular weight is 310 g/mol. The van der Waals surface area contributed by atoms with Crippen molar-refractivity contribution in [3.05, 3.63) is 53.6 Å². The van der Waals surface area contributed by atoms with Crippen LogP contribution in [0.5, 0.6) is 11.5 Å². The van der Waals surface area contributed by atoms with Gasteiger partial charge in [-0.3, -0.25) is 4.79 Å². The van der Waals surface area contributed by atoms with Crippen LogP contribution in [0.1, 0.15) is 15.9 Å². The maximum atomic E-state index is 12.3. The largest absolute Gasteiger partial charge is 0.454 e. The monoisotopic (exact) mass is 310 g/mol. The van der Waals surface area contributed by atoms with Crippen molar-refractivity contribution in [3.63, 3.8) is 0 Å². The molecule has 0 aromatic heterocycles. The predicted molar refractivity (Wildman–Crippen MR) is 91.1 cm³/mol. The van der Waals surface area contributed by atoms with Crippen molar-refractivity contribution in [2.24, 2.45) is 0 Å². The van der Waals surface area contributed by atoms with Crippen LogP contribution in [0.25, 0.3) is 6.08 Å². The third-order valence-electron chi connectivity index (χ3n) is 3.65. The molecule has 1 aliphatic rings. The summed E-state index contributed by atoms with van der Waals surface area (Å²) in [4.78, 5) is 14.4. The SMILES string of the molecule is CN(C)c1ccc(/C=C/C(=O)c2cc3c(cc2N)OCO3)cc1. The van der Waals surface area contributed by atoms with Crippen molar-refractivity contribution < 1.29 is 14.3 Å². The Balaban J connectivity index is 1.79. The Bertz CT molecular complexity index is 765. The fraction of sp³-hybridized carbons (Fsp3) is 0.167. The average Bonchev–Trinajstić information content (AvgIpc) is 2.99. The number of nitrogen functional groups attached to an aromatic ring is 1. The molecule has 0 radical (unpaired) electrons. The second-order valence-corrected chi connectivity index (χ2v) is 5.48. The highest BCUT2D eigenvalue weighted by atomic mass is 16.7. The summed E-state index contributed by atoms with van der Waals surface area (Å²) in [6, 6.07) is 11.2. The van der Waals surface area contributed by atoms with Gasteiger partial charge in [-0.25, -0.2) is 0 Å². The Labute approximate surface area is 134 Å². The zero-order valence-electron chi connectivity index (χ0n) is 13.1. The van der Waals surface area contributed by atoms with Crippen LogP contribution in [0.4, 0.5) is 11.4 Å². The molecule has 5 nitrogen and oxygen atoms in total. The molecule has 1 heterocycles. The van der Waals surface area contributed by atoms with Gasteiger partial charge in [0.15, 0.2) is 17.3 Å². The summed E-state index contributed by atoms with van der Waals surface area (Å²) in [7, 11) is 3.97. The molecule has 0 spiro atoms. The van der Waals surface area contributed by atoms with Crippen molar-refractivity contribution in [1.29, 1.82) is 0 Å². The highest BCUT2D eigenvalue weighted by Gasteiger charge is 2.18. The second-order valence-electron chi connectivity index (χ2n) is 5.48. The lowest BCUT2D eigenvalue weighted by atomic mass is 10.1. The smallest absolute Gasteiger partial charge is 0.231 e. The van der Waals surface area contributed by atoms with E-state index in [2.05, 4.69) is 0 Å². The molecule has 0 saturated carbocycles. The van der Waals surface area contributed by atoms with Crippen molar-refractivity contribution in [2.45, 2.75) is 0 Å².